The van der Waals surface area contributed by atoms with Crippen LogP contribution in [0.2, 0.25) is 0 Å². The lowest BCUT2D eigenvalue weighted by atomic mass is 9.74. The number of allylic oxidation sites excluding steroid dienone is 2. The SMILES string of the molecule is N#Cc1c(N)nc2c(c1N)[C@H](c1cccc(Br)c1)C1=C(CCCC1=O)N2c1sc2c(c1C#N)CCCC2. The average Bonchev–Trinajstić information content (AvgIpc) is 3.26. The first kappa shape index (κ1) is 23.7. The molecule has 7 nitrogen and oxygen atoms in total. The number of anilines is 4. The molecular formula is C28H23BrN6OS. The zero-order valence-corrected chi connectivity index (χ0v) is 22.4. The van der Waals surface area contributed by atoms with Gasteiger partial charge in [-0.15, -0.1) is 11.3 Å². The number of rotatable bonds is 2. The van der Waals surface area contributed by atoms with E-state index in [0.29, 0.717) is 41.8 Å². The summed E-state index contributed by atoms with van der Waals surface area (Å²) in [6.07, 6.45) is 5.76. The van der Waals surface area contributed by atoms with Crippen LogP contribution in [-0.4, -0.2) is 10.8 Å². The fourth-order valence-electron chi connectivity index (χ4n) is 5.94. The number of aromatic nitrogens is 1. The van der Waals surface area contributed by atoms with Crippen molar-refractivity contribution in [1.29, 1.82) is 10.5 Å². The maximum Gasteiger partial charge on any atom is 0.161 e. The molecule has 0 amide bonds. The quantitative estimate of drug-likeness (QED) is 0.387. The van der Waals surface area contributed by atoms with Gasteiger partial charge in [-0.3, -0.25) is 9.69 Å². The Morgan fingerprint density at radius 3 is 2.59 bits per heavy atom. The molecule has 184 valence electrons. The van der Waals surface area contributed by atoms with Gasteiger partial charge < -0.3 is 11.5 Å². The molecule has 2 aliphatic carbocycles. The number of carbonyl (C=O) groups is 1. The largest absolute Gasteiger partial charge is 0.397 e. The van der Waals surface area contributed by atoms with Gasteiger partial charge in [-0.1, -0.05) is 28.1 Å². The van der Waals surface area contributed by atoms with E-state index in [9.17, 15) is 15.3 Å². The fraction of sp³-hybridized carbons (Fsp3) is 0.286. The smallest absolute Gasteiger partial charge is 0.161 e. The van der Waals surface area contributed by atoms with E-state index in [0.717, 1.165) is 52.0 Å². The zero-order valence-electron chi connectivity index (χ0n) is 20.0. The maximum absolute atomic E-state index is 13.7. The third-order valence-corrected chi connectivity index (χ3v) is 9.30. The Balaban J connectivity index is 1.73. The number of pyridine rings is 1. The third kappa shape index (κ3) is 3.57. The van der Waals surface area contributed by atoms with Gasteiger partial charge in [0.15, 0.2) is 5.78 Å². The van der Waals surface area contributed by atoms with E-state index in [-0.39, 0.29) is 22.9 Å². The number of carbonyl (C=O) groups excluding carboxylic acids is 1. The zero-order chi connectivity index (χ0) is 25.8. The highest BCUT2D eigenvalue weighted by Gasteiger charge is 2.43. The number of nitriles is 2. The van der Waals surface area contributed by atoms with Crippen LogP contribution in [0.3, 0.4) is 0 Å². The monoisotopic (exact) mass is 570 g/mol. The summed E-state index contributed by atoms with van der Waals surface area (Å²) in [5.74, 6) is 0.105. The third-order valence-electron chi connectivity index (χ3n) is 7.53. The lowest BCUT2D eigenvalue weighted by Crippen LogP contribution is -2.34. The van der Waals surface area contributed by atoms with Crippen LogP contribution in [0.5, 0.6) is 0 Å². The number of ketones is 1. The van der Waals surface area contributed by atoms with Gasteiger partial charge in [-0.25, -0.2) is 4.98 Å². The first-order valence-electron chi connectivity index (χ1n) is 12.3. The van der Waals surface area contributed by atoms with Gasteiger partial charge in [-0.05, 0) is 61.8 Å². The summed E-state index contributed by atoms with van der Waals surface area (Å²) < 4.78 is 0.875. The number of hydrogen-bond donors (Lipinski definition) is 2. The normalized spacial score (nSPS) is 18.5. The van der Waals surface area contributed by atoms with Crippen LogP contribution in [0.1, 0.15) is 70.7 Å². The van der Waals surface area contributed by atoms with Gasteiger partial charge in [0.25, 0.3) is 0 Å². The molecule has 2 aromatic heterocycles. The van der Waals surface area contributed by atoms with Crippen LogP contribution >= 0.6 is 27.3 Å². The van der Waals surface area contributed by atoms with Crippen molar-refractivity contribution in [2.45, 2.75) is 50.9 Å². The Hall–Kier alpha value is -3.66. The first-order valence-corrected chi connectivity index (χ1v) is 13.9. The molecule has 0 fully saturated rings. The van der Waals surface area contributed by atoms with E-state index in [1.807, 2.05) is 29.2 Å². The van der Waals surface area contributed by atoms with Crippen molar-refractivity contribution in [3.63, 3.8) is 0 Å². The Bertz CT molecular complexity index is 1610. The van der Waals surface area contributed by atoms with Gasteiger partial charge >= 0.3 is 0 Å². The van der Waals surface area contributed by atoms with Crippen molar-refractivity contribution < 1.29 is 4.79 Å². The number of aryl methyl sites for hydroxylation is 1. The summed E-state index contributed by atoms with van der Waals surface area (Å²) in [4.78, 5) is 21.6. The van der Waals surface area contributed by atoms with Gasteiger partial charge in [0.2, 0.25) is 0 Å². The lowest BCUT2D eigenvalue weighted by Gasteiger charge is -2.40. The molecule has 3 heterocycles. The van der Waals surface area contributed by atoms with E-state index in [1.165, 1.54) is 4.88 Å². The molecule has 37 heavy (non-hydrogen) atoms. The fourth-order valence-corrected chi connectivity index (χ4v) is 7.72. The van der Waals surface area contributed by atoms with E-state index in [4.69, 9.17) is 16.5 Å². The molecule has 0 saturated carbocycles. The number of thiophene rings is 1. The molecular weight excluding hydrogens is 548 g/mol. The number of nitrogens with zero attached hydrogens (tertiary/aromatic N) is 4. The van der Waals surface area contributed by atoms with Gasteiger partial charge in [0, 0.05) is 38.5 Å². The molecule has 0 unspecified atom stereocenters. The number of halogens is 1. The van der Waals surface area contributed by atoms with Crippen molar-refractivity contribution in [2.75, 3.05) is 16.4 Å². The number of hydrogen-bond acceptors (Lipinski definition) is 8. The molecule has 6 rings (SSSR count). The minimum Gasteiger partial charge on any atom is -0.397 e. The van der Waals surface area contributed by atoms with Crippen LogP contribution < -0.4 is 16.4 Å². The highest BCUT2D eigenvalue weighted by atomic mass is 79.9. The molecule has 1 aliphatic heterocycles. The maximum atomic E-state index is 13.7. The molecule has 4 N–H and O–H groups in total. The second-order valence-electron chi connectivity index (χ2n) is 9.60. The van der Waals surface area contributed by atoms with E-state index in [2.05, 4.69) is 28.1 Å². The van der Waals surface area contributed by atoms with E-state index < -0.39 is 5.92 Å². The minimum absolute atomic E-state index is 0.0442. The summed E-state index contributed by atoms with van der Waals surface area (Å²) in [6.45, 7) is 0. The second-order valence-corrected chi connectivity index (χ2v) is 11.6. The Morgan fingerprint density at radius 1 is 1.05 bits per heavy atom. The second kappa shape index (κ2) is 9.02. The lowest BCUT2D eigenvalue weighted by molar-refractivity contribution is -0.116. The number of nitrogens with two attached hydrogens (primary N) is 2. The summed E-state index contributed by atoms with van der Waals surface area (Å²) >= 11 is 5.16. The van der Waals surface area contributed by atoms with Gasteiger partial charge in [-0.2, -0.15) is 10.5 Å². The molecule has 0 radical (unpaired) electrons. The predicted octanol–water partition coefficient (Wildman–Crippen LogP) is 5.98. The summed E-state index contributed by atoms with van der Waals surface area (Å²) in [5.41, 5.74) is 18.0. The molecule has 1 aromatic carbocycles. The summed E-state index contributed by atoms with van der Waals surface area (Å²) in [7, 11) is 0. The number of benzene rings is 1. The Kier molecular flexibility index (Phi) is 5.78. The Labute approximate surface area is 227 Å². The number of fused-ring (bicyclic) bond motifs is 2. The Morgan fingerprint density at radius 2 is 1.84 bits per heavy atom. The summed E-state index contributed by atoms with van der Waals surface area (Å²) in [6, 6.07) is 12.4. The molecule has 1 atom stereocenters. The highest BCUT2D eigenvalue weighted by molar-refractivity contribution is 9.10. The number of nitrogen functional groups attached to an aromatic ring is 2. The van der Waals surface area contributed by atoms with E-state index >= 15 is 0 Å². The van der Waals surface area contributed by atoms with Gasteiger partial charge in [0.05, 0.1) is 11.3 Å². The molecule has 0 spiro atoms. The molecule has 0 saturated heterocycles. The first-order chi connectivity index (χ1) is 17.9. The molecule has 9 heteroatoms. The molecule has 0 bridgehead atoms. The van der Waals surface area contributed by atoms with Crippen LogP contribution in [0.25, 0.3) is 0 Å². The van der Waals surface area contributed by atoms with Crippen molar-refractivity contribution in [1.82, 2.24) is 4.98 Å². The van der Waals surface area contributed by atoms with Crippen molar-refractivity contribution in [3.8, 4) is 12.1 Å². The van der Waals surface area contributed by atoms with Gasteiger partial charge in [0.1, 0.15) is 34.3 Å². The van der Waals surface area contributed by atoms with Crippen LogP contribution in [0.15, 0.2) is 40.0 Å². The van der Waals surface area contributed by atoms with Crippen molar-refractivity contribution in [3.05, 3.63) is 72.7 Å². The number of Topliss-reactive ketones (excluding diaryl/α,β-unsaturated/α-hetero) is 1. The highest BCUT2D eigenvalue weighted by Crippen LogP contribution is 2.55. The van der Waals surface area contributed by atoms with Crippen molar-refractivity contribution in [2.24, 2.45) is 0 Å². The summed E-state index contributed by atoms with van der Waals surface area (Å²) in [5, 5.41) is 20.9. The van der Waals surface area contributed by atoms with Crippen molar-refractivity contribution >= 4 is 55.4 Å². The van der Waals surface area contributed by atoms with Crippen LogP contribution in [0.4, 0.5) is 22.3 Å². The molecule has 3 aliphatic rings. The minimum atomic E-state index is -0.494. The average molecular weight is 572 g/mol. The van der Waals surface area contributed by atoms with E-state index in [1.54, 1.807) is 11.3 Å². The molecule has 3 aromatic rings. The predicted molar refractivity (Wildman–Crippen MR) is 147 cm³/mol. The topological polar surface area (TPSA) is 133 Å². The van der Waals surface area contributed by atoms with Crippen LogP contribution in [0, 0.1) is 22.7 Å². The van der Waals surface area contributed by atoms with Crippen LogP contribution in [-0.2, 0) is 17.6 Å². The standard InChI is InChI=1S/C28H23BrN6OS/c29-15-6-3-5-14(11-15)22-23-19(8-4-9-20(23)36)35(27-24(22)25(32)18(13-31)26(33)34-27)28-17(12-30)16-7-1-2-10-21(16)37-28/h3,5-6,11,22H,1-2,4,7-10H2,(H4,32,33,34)/t22-/m1/s1.